The van der Waals surface area contributed by atoms with Crippen LogP contribution in [0.2, 0.25) is 0 Å². The van der Waals surface area contributed by atoms with Crippen molar-refractivity contribution < 1.29 is 9.21 Å². The molecule has 0 N–H and O–H groups in total. The van der Waals surface area contributed by atoms with E-state index in [4.69, 9.17) is 4.42 Å². The Morgan fingerprint density at radius 2 is 2.19 bits per heavy atom. The van der Waals surface area contributed by atoms with Gasteiger partial charge in [-0.05, 0) is 54.0 Å². The highest BCUT2D eigenvalue weighted by atomic mass is 32.2. The number of benzene rings is 1. The van der Waals surface area contributed by atoms with Crippen LogP contribution in [0, 0.1) is 0 Å². The van der Waals surface area contributed by atoms with Crippen molar-refractivity contribution in [2.45, 2.75) is 37.5 Å². The zero-order valence-corrected chi connectivity index (χ0v) is 15.2. The molecule has 4 rings (SSSR count). The summed E-state index contributed by atoms with van der Waals surface area (Å²) >= 11 is 1.35. The molecule has 0 saturated heterocycles. The summed E-state index contributed by atoms with van der Waals surface area (Å²) in [5.74, 6) is 1.13. The lowest BCUT2D eigenvalue weighted by Crippen LogP contribution is -2.43. The number of amides is 1. The second kappa shape index (κ2) is 7.33. The molecule has 8 heteroatoms. The summed E-state index contributed by atoms with van der Waals surface area (Å²) in [6.07, 6.45) is 3.60. The molecule has 0 radical (unpaired) electrons. The van der Waals surface area contributed by atoms with E-state index in [1.54, 1.807) is 10.9 Å². The van der Waals surface area contributed by atoms with Crippen molar-refractivity contribution in [1.82, 2.24) is 20.2 Å². The zero-order chi connectivity index (χ0) is 17.9. The van der Waals surface area contributed by atoms with E-state index in [9.17, 15) is 4.79 Å². The highest BCUT2D eigenvalue weighted by Crippen LogP contribution is 2.31. The average Bonchev–Trinajstić information content (AvgIpc) is 3.32. The van der Waals surface area contributed by atoms with Crippen LogP contribution in [-0.4, -0.2) is 37.9 Å². The van der Waals surface area contributed by atoms with Gasteiger partial charge in [0.25, 0.3) is 0 Å². The summed E-state index contributed by atoms with van der Waals surface area (Å²) in [5, 5.41) is 12.3. The van der Waals surface area contributed by atoms with Gasteiger partial charge < -0.3 is 9.32 Å². The molecule has 3 aromatic rings. The molecule has 26 heavy (non-hydrogen) atoms. The van der Waals surface area contributed by atoms with Crippen molar-refractivity contribution in [1.29, 1.82) is 0 Å². The lowest BCUT2D eigenvalue weighted by Gasteiger charge is -2.35. The van der Waals surface area contributed by atoms with Crippen LogP contribution >= 0.6 is 11.8 Å². The first kappa shape index (κ1) is 16.8. The number of carbonyl (C=O) groups excluding carboxylic acids is 1. The van der Waals surface area contributed by atoms with Crippen molar-refractivity contribution in [2.24, 2.45) is 0 Å². The van der Waals surface area contributed by atoms with E-state index >= 15 is 0 Å². The molecule has 0 saturated carbocycles. The van der Waals surface area contributed by atoms with Gasteiger partial charge in [-0.2, -0.15) is 0 Å². The van der Waals surface area contributed by atoms with Crippen molar-refractivity contribution in [3.63, 3.8) is 0 Å². The first-order valence-corrected chi connectivity index (χ1v) is 9.52. The van der Waals surface area contributed by atoms with E-state index in [0.29, 0.717) is 11.7 Å². The number of aromatic nitrogens is 4. The normalized spacial score (nSPS) is 16.5. The Morgan fingerprint density at radius 3 is 3.04 bits per heavy atom. The maximum Gasteiger partial charge on any atom is 0.237 e. The molecule has 134 valence electrons. The number of hydrogen-bond acceptors (Lipinski definition) is 6. The molecule has 2 aromatic heterocycles. The average molecular weight is 369 g/mol. The fourth-order valence-corrected chi connectivity index (χ4v) is 3.95. The van der Waals surface area contributed by atoms with Gasteiger partial charge in [0.1, 0.15) is 12.3 Å². The van der Waals surface area contributed by atoms with Crippen molar-refractivity contribution >= 4 is 23.4 Å². The van der Waals surface area contributed by atoms with Crippen LogP contribution in [0.3, 0.4) is 0 Å². The minimum Gasteiger partial charge on any atom is -0.467 e. The maximum atomic E-state index is 12.9. The molecule has 1 amide bonds. The fraction of sp³-hybridized carbons (Fsp3) is 0.333. The Morgan fingerprint density at radius 1 is 1.31 bits per heavy atom. The number of anilines is 1. The number of nitrogens with zero attached hydrogens (tertiary/aromatic N) is 5. The number of para-hydroxylation sites is 1. The highest BCUT2D eigenvalue weighted by molar-refractivity contribution is 7.99. The molecule has 1 aliphatic rings. The van der Waals surface area contributed by atoms with Crippen molar-refractivity contribution in [2.75, 3.05) is 10.7 Å². The van der Waals surface area contributed by atoms with Crippen LogP contribution in [0.1, 0.15) is 24.7 Å². The largest absolute Gasteiger partial charge is 0.467 e. The Balaban J connectivity index is 1.46. The molecular weight excluding hydrogens is 350 g/mol. The second-order valence-corrected chi connectivity index (χ2v) is 7.21. The van der Waals surface area contributed by atoms with E-state index in [-0.39, 0.29) is 17.7 Å². The van der Waals surface area contributed by atoms with Crippen molar-refractivity contribution in [3.8, 4) is 0 Å². The third kappa shape index (κ3) is 3.37. The lowest BCUT2D eigenvalue weighted by atomic mass is 9.97. The van der Waals surface area contributed by atoms with Gasteiger partial charge in [0, 0.05) is 11.7 Å². The molecule has 7 nitrogen and oxygen atoms in total. The fourth-order valence-electron chi connectivity index (χ4n) is 3.21. The minimum absolute atomic E-state index is 0.0715. The molecule has 1 aliphatic heterocycles. The van der Waals surface area contributed by atoms with E-state index < -0.39 is 0 Å². The molecule has 0 aliphatic carbocycles. The quantitative estimate of drug-likeness (QED) is 0.644. The Labute approximate surface area is 155 Å². The van der Waals surface area contributed by atoms with E-state index in [1.165, 1.54) is 17.3 Å². The number of fused-ring (bicyclic) bond motifs is 1. The summed E-state index contributed by atoms with van der Waals surface area (Å²) in [4.78, 5) is 14.8. The van der Waals surface area contributed by atoms with Gasteiger partial charge in [0.05, 0.1) is 12.0 Å². The Bertz CT molecular complexity index is 893. The maximum absolute atomic E-state index is 12.9. The number of carbonyl (C=O) groups is 1. The van der Waals surface area contributed by atoms with E-state index in [2.05, 4.69) is 28.5 Å². The molecule has 1 aromatic carbocycles. The first-order valence-electron chi connectivity index (χ1n) is 8.53. The van der Waals surface area contributed by atoms with Crippen LogP contribution in [0.4, 0.5) is 5.69 Å². The number of rotatable bonds is 5. The number of aryl methyl sites for hydroxylation is 1. The lowest BCUT2D eigenvalue weighted by molar-refractivity contribution is -0.116. The smallest absolute Gasteiger partial charge is 0.237 e. The molecule has 1 atom stereocenters. The number of hydrogen-bond donors (Lipinski definition) is 0. The topological polar surface area (TPSA) is 77.1 Å². The predicted molar refractivity (Wildman–Crippen MR) is 98.1 cm³/mol. The number of tetrazole rings is 1. The molecule has 0 bridgehead atoms. The van der Waals surface area contributed by atoms with Gasteiger partial charge in [-0.3, -0.25) is 4.79 Å². The molecule has 3 heterocycles. The Kier molecular flexibility index (Phi) is 4.75. The monoisotopic (exact) mass is 369 g/mol. The minimum atomic E-state index is 0.0715. The van der Waals surface area contributed by atoms with Gasteiger partial charge in [0.2, 0.25) is 11.1 Å². The van der Waals surface area contributed by atoms with Crippen LogP contribution in [-0.2, 0) is 17.8 Å². The van der Waals surface area contributed by atoms with Gasteiger partial charge in [-0.15, -0.1) is 5.10 Å². The zero-order valence-electron chi connectivity index (χ0n) is 14.4. The Hall–Kier alpha value is -2.61. The van der Waals surface area contributed by atoms with E-state index in [0.717, 1.165) is 24.3 Å². The highest BCUT2D eigenvalue weighted by Gasteiger charge is 2.28. The SMILES string of the molecule is C[C@@H]1CCc2ccccc2N1C(=O)CSc1nnnn1Cc1ccco1. The summed E-state index contributed by atoms with van der Waals surface area (Å²) in [6.45, 7) is 2.54. The molecule has 0 spiro atoms. The predicted octanol–water partition coefficient (Wildman–Crippen LogP) is 2.77. The summed E-state index contributed by atoms with van der Waals surface area (Å²) in [6, 6.07) is 12.0. The summed E-state index contributed by atoms with van der Waals surface area (Å²) < 4.78 is 6.98. The molecular formula is C18H19N5O2S. The number of furan rings is 1. The number of thioether (sulfide) groups is 1. The van der Waals surface area contributed by atoms with Gasteiger partial charge in [-0.1, -0.05) is 30.0 Å². The summed E-state index contributed by atoms with van der Waals surface area (Å²) in [7, 11) is 0. The second-order valence-electron chi connectivity index (χ2n) is 6.27. The molecule has 0 fully saturated rings. The third-order valence-electron chi connectivity index (χ3n) is 4.50. The van der Waals surface area contributed by atoms with Gasteiger partial charge >= 0.3 is 0 Å². The van der Waals surface area contributed by atoms with Gasteiger partial charge in [0.15, 0.2) is 0 Å². The summed E-state index contributed by atoms with van der Waals surface area (Å²) in [5.41, 5.74) is 2.25. The third-order valence-corrected chi connectivity index (χ3v) is 5.44. The first-order chi connectivity index (χ1) is 12.7. The van der Waals surface area contributed by atoms with Crippen LogP contribution in [0.5, 0.6) is 0 Å². The van der Waals surface area contributed by atoms with E-state index in [1.807, 2.05) is 35.2 Å². The standard InChI is InChI=1S/C18H19N5O2S/c1-13-8-9-14-5-2-3-7-16(14)23(13)17(24)12-26-18-19-20-21-22(18)11-15-6-4-10-25-15/h2-7,10,13H,8-9,11-12H2,1H3/t13-/m1/s1. The van der Waals surface area contributed by atoms with Crippen LogP contribution < -0.4 is 4.90 Å². The van der Waals surface area contributed by atoms with Gasteiger partial charge in [-0.25, -0.2) is 4.68 Å². The van der Waals surface area contributed by atoms with Crippen molar-refractivity contribution in [3.05, 3.63) is 54.0 Å². The van der Waals surface area contributed by atoms with Crippen LogP contribution in [0.25, 0.3) is 0 Å². The molecule has 0 unspecified atom stereocenters. The van der Waals surface area contributed by atoms with Crippen LogP contribution in [0.15, 0.2) is 52.2 Å².